The van der Waals surface area contributed by atoms with Crippen molar-refractivity contribution in [2.45, 2.75) is 45.1 Å². The first-order chi connectivity index (χ1) is 11.8. The van der Waals surface area contributed by atoms with Crippen LogP contribution < -0.4 is 5.32 Å². The van der Waals surface area contributed by atoms with Crippen LogP contribution >= 0.6 is 0 Å². The third-order valence-electron chi connectivity index (χ3n) is 5.18. The highest BCUT2D eigenvalue weighted by Crippen LogP contribution is 2.30. The van der Waals surface area contributed by atoms with Crippen molar-refractivity contribution in [1.82, 2.24) is 15.1 Å². The lowest BCUT2D eigenvalue weighted by molar-refractivity contribution is -0.138. The van der Waals surface area contributed by atoms with Gasteiger partial charge in [-0.15, -0.1) is 0 Å². The van der Waals surface area contributed by atoms with Crippen molar-refractivity contribution in [3.8, 4) is 0 Å². The first kappa shape index (κ1) is 17.5. The molecule has 0 aliphatic carbocycles. The Labute approximate surface area is 148 Å². The molecule has 0 spiro atoms. The maximum Gasteiger partial charge on any atom is 0.325 e. The molecule has 1 atom stereocenters. The minimum Gasteiger partial charge on any atom is -0.341 e. The molecule has 1 aromatic rings. The topological polar surface area (TPSA) is 69.7 Å². The van der Waals surface area contributed by atoms with Crippen LogP contribution in [0.2, 0.25) is 0 Å². The van der Waals surface area contributed by atoms with Crippen LogP contribution in [-0.4, -0.2) is 47.3 Å². The fraction of sp³-hybridized carbons (Fsp3) is 0.526. The molecular weight excluding hydrogens is 318 g/mol. The number of carbonyl (C=O) groups is 3. The molecule has 0 unspecified atom stereocenters. The predicted octanol–water partition coefficient (Wildman–Crippen LogP) is 2.20. The van der Waals surface area contributed by atoms with E-state index in [1.54, 1.807) is 11.8 Å². The largest absolute Gasteiger partial charge is 0.341 e. The molecule has 0 radical (unpaired) electrons. The molecule has 0 aromatic heterocycles. The van der Waals surface area contributed by atoms with E-state index in [4.69, 9.17) is 0 Å². The van der Waals surface area contributed by atoms with Gasteiger partial charge >= 0.3 is 6.03 Å². The Morgan fingerprint density at radius 3 is 2.32 bits per heavy atom. The highest BCUT2D eigenvalue weighted by molar-refractivity contribution is 6.09. The summed E-state index contributed by atoms with van der Waals surface area (Å²) in [5.41, 5.74) is 0.772. The quantitative estimate of drug-likeness (QED) is 0.852. The summed E-state index contributed by atoms with van der Waals surface area (Å²) in [5.74, 6) is -0.145. The van der Waals surface area contributed by atoms with Gasteiger partial charge in [-0.2, -0.15) is 0 Å². The lowest BCUT2D eigenvalue weighted by atomic mass is 9.90. The number of benzene rings is 1. The van der Waals surface area contributed by atoms with Crippen LogP contribution in [0.15, 0.2) is 24.3 Å². The van der Waals surface area contributed by atoms with Gasteiger partial charge in [0, 0.05) is 13.1 Å². The van der Waals surface area contributed by atoms with Gasteiger partial charge in [0.05, 0.1) is 0 Å². The normalized spacial score (nSPS) is 23.5. The zero-order valence-corrected chi connectivity index (χ0v) is 15.0. The maximum absolute atomic E-state index is 12.9. The van der Waals surface area contributed by atoms with Crippen LogP contribution in [0.3, 0.4) is 0 Å². The van der Waals surface area contributed by atoms with Gasteiger partial charge in [0.2, 0.25) is 5.91 Å². The fourth-order valence-corrected chi connectivity index (χ4v) is 3.44. The summed E-state index contributed by atoms with van der Waals surface area (Å²) in [4.78, 5) is 40.3. The Balaban J connectivity index is 1.78. The molecule has 0 saturated carbocycles. The number of nitrogens with zero attached hydrogens (tertiary/aromatic N) is 2. The van der Waals surface area contributed by atoms with E-state index in [9.17, 15) is 14.4 Å². The average Bonchev–Trinajstić information content (AvgIpc) is 3.19. The van der Waals surface area contributed by atoms with E-state index < -0.39 is 11.6 Å². The van der Waals surface area contributed by atoms with Crippen molar-refractivity contribution < 1.29 is 14.4 Å². The van der Waals surface area contributed by atoms with Gasteiger partial charge in [0.1, 0.15) is 12.1 Å². The number of rotatable bonds is 4. The Morgan fingerprint density at radius 1 is 1.16 bits per heavy atom. The number of amides is 4. The molecule has 1 aromatic carbocycles. The number of nitrogens with one attached hydrogen (secondary N) is 1. The van der Waals surface area contributed by atoms with Gasteiger partial charge in [-0.3, -0.25) is 14.5 Å². The molecule has 6 heteroatoms. The van der Waals surface area contributed by atoms with Crippen molar-refractivity contribution in [1.29, 1.82) is 0 Å². The van der Waals surface area contributed by atoms with Crippen LogP contribution in [0.5, 0.6) is 0 Å². The number of imide groups is 1. The van der Waals surface area contributed by atoms with E-state index in [1.807, 2.05) is 24.3 Å². The molecule has 1 N–H and O–H groups in total. The van der Waals surface area contributed by atoms with Crippen molar-refractivity contribution >= 4 is 17.8 Å². The summed E-state index contributed by atoms with van der Waals surface area (Å²) >= 11 is 0. The third-order valence-corrected chi connectivity index (χ3v) is 5.18. The monoisotopic (exact) mass is 343 g/mol. The second-order valence-electron chi connectivity index (χ2n) is 7.31. The highest BCUT2D eigenvalue weighted by atomic mass is 16.2. The van der Waals surface area contributed by atoms with E-state index in [1.165, 1.54) is 5.56 Å². The smallest absolute Gasteiger partial charge is 0.325 e. The van der Waals surface area contributed by atoms with Crippen molar-refractivity contribution in [3.05, 3.63) is 35.4 Å². The Kier molecular flexibility index (Phi) is 4.54. The first-order valence-electron chi connectivity index (χ1n) is 8.85. The molecule has 3 rings (SSSR count). The van der Waals surface area contributed by atoms with Crippen LogP contribution in [0.1, 0.15) is 50.7 Å². The number of hydrogen-bond donors (Lipinski definition) is 1. The molecule has 2 fully saturated rings. The highest BCUT2D eigenvalue weighted by Gasteiger charge is 2.49. The summed E-state index contributed by atoms with van der Waals surface area (Å²) in [6, 6.07) is 7.19. The Morgan fingerprint density at radius 2 is 1.76 bits per heavy atom. The molecule has 4 amide bonds. The standard InChI is InChI=1S/C19H25N3O3/c1-13(2)14-6-8-15(9-7-14)19(3)17(24)22(18(25)20-19)12-16(23)21-10-4-5-11-21/h6-9,13H,4-5,10-12H2,1-3H3,(H,20,25)/t19-/m1/s1. The van der Waals surface area contributed by atoms with Crippen LogP contribution in [-0.2, 0) is 15.1 Å². The summed E-state index contributed by atoms with van der Waals surface area (Å²) in [6.07, 6.45) is 1.96. The lowest BCUT2D eigenvalue weighted by Crippen LogP contribution is -2.43. The van der Waals surface area contributed by atoms with Gasteiger partial charge in [0.25, 0.3) is 5.91 Å². The minimum absolute atomic E-state index is 0.166. The van der Waals surface area contributed by atoms with Gasteiger partial charge in [0.15, 0.2) is 0 Å². The summed E-state index contributed by atoms with van der Waals surface area (Å²) in [5, 5.41) is 2.76. The molecular formula is C19H25N3O3. The summed E-state index contributed by atoms with van der Waals surface area (Å²) < 4.78 is 0. The van der Waals surface area contributed by atoms with Crippen molar-refractivity contribution in [2.75, 3.05) is 19.6 Å². The van der Waals surface area contributed by atoms with Gasteiger partial charge in [-0.25, -0.2) is 4.79 Å². The fourth-order valence-electron chi connectivity index (χ4n) is 3.44. The molecule has 134 valence electrons. The number of hydrogen-bond acceptors (Lipinski definition) is 3. The average molecular weight is 343 g/mol. The van der Waals surface area contributed by atoms with Gasteiger partial charge in [-0.05, 0) is 36.8 Å². The number of carbonyl (C=O) groups excluding carboxylic acids is 3. The number of likely N-dealkylation sites (tertiary alicyclic amines) is 1. The predicted molar refractivity (Wildman–Crippen MR) is 93.9 cm³/mol. The molecule has 2 aliphatic heterocycles. The second kappa shape index (κ2) is 6.50. The van der Waals surface area contributed by atoms with Gasteiger partial charge in [-0.1, -0.05) is 38.1 Å². The van der Waals surface area contributed by atoms with Crippen molar-refractivity contribution in [2.24, 2.45) is 0 Å². The molecule has 0 bridgehead atoms. The summed E-state index contributed by atoms with van der Waals surface area (Å²) in [7, 11) is 0. The minimum atomic E-state index is -1.13. The maximum atomic E-state index is 12.9. The molecule has 2 heterocycles. The second-order valence-corrected chi connectivity index (χ2v) is 7.31. The van der Waals surface area contributed by atoms with E-state index in [2.05, 4.69) is 19.2 Å². The molecule has 25 heavy (non-hydrogen) atoms. The van der Waals surface area contributed by atoms with E-state index in [-0.39, 0.29) is 18.4 Å². The Bertz CT molecular complexity index is 692. The van der Waals surface area contributed by atoms with Crippen molar-refractivity contribution in [3.63, 3.8) is 0 Å². The van der Waals surface area contributed by atoms with E-state index >= 15 is 0 Å². The van der Waals surface area contributed by atoms with E-state index in [0.29, 0.717) is 19.0 Å². The molecule has 2 aliphatic rings. The first-order valence-corrected chi connectivity index (χ1v) is 8.85. The van der Waals surface area contributed by atoms with E-state index in [0.717, 1.165) is 23.3 Å². The SMILES string of the molecule is CC(C)c1ccc([C@@]2(C)NC(=O)N(CC(=O)N3CCCC3)C2=O)cc1. The van der Waals surface area contributed by atoms with Gasteiger partial charge < -0.3 is 10.2 Å². The number of urea groups is 1. The zero-order chi connectivity index (χ0) is 18.2. The van der Waals surface area contributed by atoms with Crippen LogP contribution in [0.25, 0.3) is 0 Å². The third kappa shape index (κ3) is 3.13. The molecule has 2 saturated heterocycles. The summed E-state index contributed by atoms with van der Waals surface area (Å²) in [6.45, 7) is 7.12. The van der Waals surface area contributed by atoms with Crippen LogP contribution in [0, 0.1) is 0 Å². The zero-order valence-electron chi connectivity index (χ0n) is 15.0. The molecule has 6 nitrogen and oxygen atoms in total. The van der Waals surface area contributed by atoms with Crippen LogP contribution in [0.4, 0.5) is 4.79 Å². The lowest BCUT2D eigenvalue weighted by Gasteiger charge is -2.23. The Hall–Kier alpha value is -2.37.